The Hall–Kier alpha value is -5.17. The lowest BCUT2D eigenvalue weighted by Crippen LogP contribution is -2.71. The zero-order valence-electron chi connectivity index (χ0n) is 27.2. The third kappa shape index (κ3) is 7.39. The van der Waals surface area contributed by atoms with E-state index in [0.29, 0.717) is 15.0 Å². The molecule has 0 saturated carbocycles. The van der Waals surface area contributed by atoms with Crippen LogP contribution in [0.4, 0.5) is 13.9 Å². The number of hydrogen-bond donors (Lipinski definition) is 3. The number of oxime groups is 1. The Labute approximate surface area is 317 Å². The number of rotatable bonds is 14. The van der Waals surface area contributed by atoms with E-state index in [9.17, 15) is 28.3 Å². The van der Waals surface area contributed by atoms with E-state index in [1.165, 1.54) is 46.8 Å². The topological polar surface area (TPSA) is 159 Å². The number of carbonyl (C=O) groups is 3. The van der Waals surface area contributed by atoms with Gasteiger partial charge in [0.25, 0.3) is 11.8 Å². The van der Waals surface area contributed by atoms with Gasteiger partial charge >= 0.3 is 12.6 Å². The second-order valence-corrected chi connectivity index (χ2v) is 15.4. The molecule has 4 heterocycles. The summed E-state index contributed by atoms with van der Waals surface area (Å²) in [7, 11) is 0. The van der Waals surface area contributed by atoms with Crippen LogP contribution in [-0.2, 0) is 24.8 Å². The van der Waals surface area contributed by atoms with Crippen LogP contribution in [0.1, 0.15) is 22.4 Å². The number of carboxylic acids is 1. The molecule has 2 atom stereocenters. The molecule has 1 unspecified atom stereocenters. The molecule has 2 amide bonds. The fourth-order valence-corrected chi connectivity index (χ4v) is 9.74. The van der Waals surface area contributed by atoms with Gasteiger partial charge in [0.15, 0.2) is 15.2 Å². The quantitative estimate of drug-likeness (QED) is 0.0406. The molecule has 0 aliphatic carbocycles. The standard InChI is InChI=1S/C35H27F2N7O5S4/c36-32(37)49-43-25(28(45)41-26-29(46)44-27(31(47)48)20(16-50-30(26)44)17-52-34-38-19-39-53-34)24-18-51-33(40-24)42-35(21-10-4-1-5-11-21,22-12-6-2-7-13-22)23-14-8-3-9-15-23/h1-15,18-19,26,30,32H,16-17H2,(H,40,42)(H,41,45)(H,47,48)/b43-25+/t26?,30-/m1/s1. The summed E-state index contributed by atoms with van der Waals surface area (Å²) >= 11 is 4.87. The molecular weight excluding hydrogens is 765 g/mol. The number of amides is 2. The van der Waals surface area contributed by atoms with Crippen molar-refractivity contribution in [2.24, 2.45) is 5.16 Å². The minimum absolute atomic E-state index is 0.0826. The van der Waals surface area contributed by atoms with Gasteiger partial charge in [0.1, 0.15) is 34.7 Å². The second kappa shape index (κ2) is 15.8. The monoisotopic (exact) mass is 791 g/mol. The maximum absolute atomic E-state index is 13.7. The number of aliphatic carboxylic acids is 1. The maximum Gasteiger partial charge on any atom is 0.407 e. The average molecular weight is 792 g/mol. The number of thioether (sulfide) groups is 2. The lowest BCUT2D eigenvalue weighted by molar-refractivity contribution is -0.150. The van der Waals surface area contributed by atoms with Crippen molar-refractivity contribution in [1.29, 1.82) is 0 Å². The van der Waals surface area contributed by atoms with Crippen LogP contribution in [0, 0.1) is 0 Å². The van der Waals surface area contributed by atoms with Gasteiger partial charge < -0.3 is 20.6 Å². The van der Waals surface area contributed by atoms with E-state index in [1.54, 1.807) is 0 Å². The van der Waals surface area contributed by atoms with Gasteiger partial charge in [-0.25, -0.2) is 14.8 Å². The Morgan fingerprint density at radius 2 is 1.64 bits per heavy atom. The first-order chi connectivity index (χ1) is 25.8. The summed E-state index contributed by atoms with van der Waals surface area (Å²) < 4.78 is 31.1. The molecule has 3 aromatic carbocycles. The fraction of sp³-hybridized carbons (Fsp3) is 0.171. The van der Waals surface area contributed by atoms with Crippen molar-refractivity contribution >= 4 is 75.0 Å². The van der Waals surface area contributed by atoms with Crippen molar-refractivity contribution in [3.8, 4) is 0 Å². The van der Waals surface area contributed by atoms with Gasteiger partial charge in [0.2, 0.25) is 0 Å². The molecule has 7 rings (SSSR count). The Morgan fingerprint density at radius 1 is 1.02 bits per heavy atom. The normalized spacial score (nSPS) is 17.3. The van der Waals surface area contributed by atoms with E-state index in [2.05, 4.69) is 35.0 Å². The summed E-state index contributed by atoms with van der Waals surface area (Å²) in [5, 5.41) is 20.6. The lowest BCUT2D eigenvalue weighted by Gasteiger charge is -2.49. The van der Waals surface area contributed by atoms with Crippen LogP contribution in [0.5, 0.6) is 0 Å². The molecule has 0 spiro atoms. The number of anilines is 1. The minimum atomic E-state index is -3.34. The first-order valence-electron chi connectivity index (χ1n) is 15.8. The number of carbonyl (C=O) groups excluding carboxylic acids is 2. The van der Waals surface area contributed by atoms with E-state index in [1.807, 2.05) is 91.0 Å². The van der Waals surface area contributed by atoms with Gasteiger partial charge in [-0.1, -0.05) is 108 Å². The average Bonchev–Trinajstić information content (AvgIpc) is 3.88. The van der Waals surface area contributed by atoms with Crippen LogP contribution >= 0.6 is 46.4 Å². The third-order valence-electron chi connectivity index (χ3n) is 8.35. The summed E-state index contributed by atoms with van der Waals surface area (Å²) in [5.41, 5.74) is 1.37. The highest BCUT2D eigenvalue weighted by atomic mass is 32.2. The van der Waals surface area contributed by atoms with Crippen molar-refractivity contribution in [2.75, 3.05) is 16.8 Å². The van der Waals surface area contributed by atoms with Crippen LogP contribution in [0.3, 0.4) is 0 Å². The van der Waals surface area contributed by atoms with Gasteiger partial charge in [-0.3, -0.25) is 14.5 Å². The summed E-state index contributed by atoms with van der Waals surface area (Å²) in [4.78, 5) is 53.4. The van der Waals surface area contributed by atoms with Crippen LogP contribution < -0.4 is 10.6 Å². The molecule has 0 radical (unpaired) electrons. The summed E-state index contributed by atoms with van der Waals surface area (Å²) in [5.74, 6) is -2.40. The Morgan fingerprint density at radius 3 is 2.19 bits per heavy atom. The smallest absolute Gasteiger partial charge is 0.407 e. The molecule has 5 aromatic rings. The number of nitrogens with one attached hydrogen (secondary N) is 2. The number of nitrogens with zero attached hydrogens (tertiary/aromatic N) is 5. The zero-order chi connectivity index (χ0) is 37.0. The molecule has 2 aliphatic heterocycles. The number of hydrogen-bond acceptors (Lipinski definition) is 13. The summed E-state index contributed by atoms with van der Waals surface area (Å²) in [6.45, 7) is -3.34. The van der Waals surface area contributed by atoms with Gasteiger partial charge in [0.05, 0.1) is 0 Å². The number of aromatic nitrogens is 3. The summed E-state index contributed by atoms with van der Waals surface area (Å²) in [6, 6.07) is 28.0. The van der Waals surface area contributed by atoms with E-state index >= 15 is 0 Å². The molecule has 2 aliphatic rings. The Bertz CT molecular complexity index is 2060. The van der Waals surface area contributed by atoms with Gasteiger partial charge in [-0.05, 0) is 33.8 Å². The molecule has 1 fully saturated rings. The first-order valence-corrected chi connectivity index (χ1v) is 19.5. The highest BCUT2D eigenvalue weighted by molar-refractivity contribution is 8.01. The SMILES string of the molecule is O=C(O)C1=C(CSc2ncns2)CS[C@@H]2C(NC(=O)/C(=N/OC(F)F)c3csc(NC(c4ccccc4)(c4ccccc4)c4ccccc4)n3)C(=O)N12. The molecule has 270 valence electrons. The predicted octanol–water partition coefficient (Wildman–Crippen LogP) is 5.87. The molecule has 3 N–H and O–H groups in total. The number of alkyl halides is 2. The van der Waals surface area contributed by atoms with Crippen LogP contribution in [0.15, 0.2) is 123 Å². The van der Waals surface area contributed by atoms with Gasteiger partial charge in [0, 0.05) is 16.9 Å². The van der Waals surface area contributed by atoms with Crippen molar-refractivity contribution in [3.63, 3.8) is 0 Å². The number of benzene rings is 3. The van der Waals surface area contributed by atoms with E-state index in [0.717, 1.165) is 32.9 Å². The van der Waals surface area contributed by atoms with Crippen molar-refractivity contribution in [3.05, 3.63) is 136 Å². The molecule has 1 saturated heterocycles. The number of β-lactam (4-membered cyclic amide) rings is 1. The fourth-order valence-electron chi connectivity index (χ4n) is 6.06. The van der Waals surface area contributed by atoms with Crippen LogP contribution in [0.2, 0.25) is 0 Å². The second-order valence-electron chi connectivity index (χ2n) is 11.4. The Balaban J connectivity index is 1.16. The number of carboxylic acid groups (broad SMARTS) is 1. The van der Waals surface area contributed by atoms with Crippen LogP contribution in [-0.4, -0.2) is 77.4 Å². The maximum atomic E-state index is 13.7. The molecule has 53 heavy (non-hydrogen) atoms. The molecule has 12 nitrogen and oxygen atoms in total. The van der Waals surface area contributed by atoms with E-state index < -0.39 is 47.1 Å². The minimum Gasteiger partial charge on any atom is -0.477 e. The molecule has 18 heteroatoms. The number of fused-ring (bicyclic) bond motifs is 1. The van der Waals surface area contributed by atoms with Gasteiger partial charge in [-0.2, -0.15) is 13.2 Å². The van der Waals surface area contributed by atoms with Crippen molar-refractivity contribution in [1.82, 2.24) is 24.6 Å². The predicted molar refractivity (Wildman–Crippen MR) is 199 cm³/mol. The molecular formula is C35H27F2N7O5S4. The lowest BCUT2D eigenvalue weighted by atomic mass is 9.77. The van der Waals surface area contributed by atoms with Crippen LogP contribution in [0.25, 0.3) is 0 Å². The Kier molecular flexibility index (Phi) is 10.8. The third-order valence-corrected chi connectivity index (χ3v) is 12.3. The zero-order valence-corrected chi connectivity index (χ0v) is 30.4. The largest absolute Gasteiger partial charge is 0.477 e. The molecule has 2 aromatic heterocycles. The van der Waals surface area contributed by atoms with E-state index in [-0.39, 0.29) is 22.9 Å². The van der Waals surface area contributed by atoms with Gasteiger partial charge in [-0.15, -0.1) is 23.1 Å². The van der Waals surface area contributed by atoms with Crippen molar-refractivity contribution in [2.45, 2.75) is 27.9 Å². The number of thiazole rings is 1. The number of halogens is 2. The summed E-state index contributed by atoms with van der Waals surface area (Å²) in [6.07, 6.45) is 1.40. The highest BCUT2D eigenvalue weighted by Crippen LogP contribution is 2.43. The van der Waals surface area contributed by atoms with E-state index in [4.69, 9.17) is 0 Å². The highest BCUT2D eigenvalue weighted by Gasteiger charge is 2.54. The first kappa shape index (κ1) is 36.2. The van der Waals surface area contributed by atoms with Crippen molar-refractivity contribution < 1.29 is 33.1 Å². The molecule has 0 bridgehead atoms.